The van der Waals surface area contributed by atoms with E-state index in [1.54, 1.807) is 30.3 Å². The molecule has 6 nitrogen and oxygen atoms in total. The Balaban J connectivity index is 1.88. The molecule has 0 aliphatic heterocycles. The number of para-hydroxylation sites is 1. The highest BCUT2D eigenvalue weighted by molar-refractivity contribution is 5.99. The largest absolute Gasteiger partial charge is 0.453 e. The molecule has 28 heavy (non-hydrogen) atoms. The Bertz CT molecular complexity index is 944. The molecule has 0 saturated carbocycles. The van der Waals surface area contributed by atoms with Crippen LogP contribution in [-0.2, 0) is 14.3 Å². The number of rotatable bonds is 7. The molecule has 1 amide bonds. The molecule has 0 aliphatic rings. The summed E-state index contributed by atoms with van der Waals surface area (Å²) in [5, 5.41) is 11.6. The molecule has 0 bridgehead atoms. The molecule has 0 unspecified atom stereocenters. The van der Waals surface area contributed by atoms with Crippen LogP contribution < -0.4 is 5.32 Å². The van der Waals surface area contributed by atoms with Crippen LogP contribution in [0.25, 0.3) is 0 Å². The van der Waals surface area contributed by atoms with Crippen LogP contribution in [0.5, 0.6) is 0 Å². The molecule has 2 rings (SSSR count). The van der Waals surface area contributed by atoms with Crippen molar-refractivity contribution in [2.45, 2.75) is 39.7 Å². The minimum Gasteiger partial charge on any atom is -0.453 e. The average Bonchev–Trinajstić information content (AvgIpc) is 2.68. The van der Waals surface area contributed by atoms with E-state index < -0.39 is 18.0 Å². The smallest absolute Gasteiger partial charge is 0.307 e. The van der Waals surface area contributed by atoms with Crippen molar-refractivity contribution >= 4 is 23.3 Å². The molecule has 2 aromatic rings. The lowest BCUT2D eigenvalue weighted by molar-refractivity contribution is -0.153. The molecule has 1 atom stereocenters. The van der Waals surface area contributed by atoms with Crippen molar-refractivity contribution in [1.29, 1.82) is 5.26 Å². The molecule has 0 saturated heterocycles. The third-order valence-corrected chi connectivity index (χ3v) is 4.23. The fraction of sp³-hybridized carbons (Fsp3) is 0.273. The molecule has 0 aliphatic carbocycles. The van der Waals surface area contributed by atoms with Gasteiger partial charge in [0.2, 0.25) is 0 Å². The quantitative estimate of drug-likeness (QED) is 0.585. The second-order valence-electron chi connectivity index (χ2n) is 6.52. The molecule has 2 aromatic carbocycles. The minimum atomic E-state index is -1.05. The van der Waals surface area contributed by atoms with Crippen molar-refractivity contribution in [1.82, 2.24) is 0 Å². The number of benzene rings is 2. The summed E-state index contributed by atoms with van der Waals surface area (Å²) in [6.45, 7) is 5.18. The topological polar surface area (TPSA) is 96.3 Å². The van der Waals surface area contributed by atoms with E-state index in [-0.39, 0.29) is 18.6 Å². The van der Waals surface area contributed by atoms with Crippen LogP contribution in [0.1, 0.15) is 46.8 Å². The average molecular weight is 378 g/mol. The molecule has 1 N–H and O–H groups in total. The number of nitrogens with zero attached hydrogens (tertiary/aromatic N) is 1. The van der Waals surface area contributed by atoms with Gasteiger partial charge in [0.1, 0.15) is 6.07 Å². The Labute approximate surface area is 164 Å². The summed E-state index contributed by atoms with van der Waals surface area (Å²) in [4.78, 5) is 36.5. The summed E-state index contributed by atoms with van der Waals surface area (Å²) < 4.78 is 5.11. The number of ketones is 1. The fourth-order valence-electron chi connectivity index (χ4n) is 2.62. The van der Waals surface area contributed by atoms with E-state index in [4.69, 9.17) is 10.00 Å². The normalized spacial score (nSPS) is 11.2. The van der Waals surface area contributed by atoms with Crippen LogP contribution in [0.15, 0.2) is 42.5 Å². The number of ether oxygens (including phenoxy) is 1. The number of hydrogen-bond acceptors (Lipinski definition) is 5. The number of nitrogens with one attached hydrogen (secondary N) is 1. The number of esters is 1. The molecule has 0 aromatic heterocycles. The van der Waals surface area contributed by atoms with Crippen molar-refractivity contribution in [3.05, 3.63) is 64.7 Å². The third kappa shape index (κ3) is 5.52. The van der Waals surface area contributed by atoms with Crippen molar-refractivity contribution in [2.75, 3.05) is 5.32 Å². The predicted octanol–water partition coefficient (Wildman–Crippen LogP) is 3.71. The van der Waals surface area contributed by atoms with Gasteiger partial charge in [-0.15, -0.1) is 0 Å². The summed E-state index contributed by atoms with van der Waals surface area (Å²) in [5.41, 5.74) is 3.08. The third-order valence-electron chi connectivity index (χ3n) is 4.23. The van der Waals surface area contributed by atoms with Crippen LogP contribution in [-0.4, -0.2) is 23.8 Å². The molecule has 0 spiro atoms. The van der Waals surface area contributed by atoms with Crippen LogP contribution in [0.4, 0.5) is 5.69 Å². The molecule has 0 radical (unpaired) electrons. The van der Waals surface area contributed by atoms with E-state index in [9.17, 15) is 14.4 Å². The summed E-state index contributed by atoms with van der Waals surface area (Å²) in [5.74, 6) is -1.31. The fourth-order valence-corrected chi connectivity index (χ4v) is 2.62. The first-order chi connectivity index (χ1) is 13.3. The highest BCUT2D eigenvalue weighted by Gasteiger charge is 2.20. The Kier molecular flexibility index (Phi) is 7.05. The Hall–Kier alpha value is -3.46. The number of Topliss-reactive ketones (excluding diaryl/α,β-unsaturated/α-hetero) is 1. The van der Waals surface area contributed by atoms with Crippen molar-refractivity contribution in [3.63, 3.8) is 0 Å². The van der Waals surface area contributed by atoms with Gasteiger partial charge in [0.25, 0.3) is 5.91 Å². The number of aryl methyl sites for hydroxylation is 2. The lowest BCUT2D eigenvalue weighted by Gasteiger charge is -2.14. The maximum absolute atomic E-state index is 12.3. The number of hydrogen-bond donors (Lipinski definition) is 1. The summed E-state index contributed by atoms with van der Waals surface area (Å²) >= 11 is 0. The Morgan fingerprint density at radius 2 is 1.82 bits per heavy atom. The van der Waals surface area contributed by atoms with E-state index >= 15 is 0 Å². The van der Waals surface area contributed by atoms with E-state index in [0.29, 0.717) is 16.8 Å². The first-order valence-electron chi connectivity index (χ1n) is 8.91. The second-order valence-corrected chi connectivity index (χ2v) is 6.52. The van der Waals surface area contributed by atoms with Gasteiger partial charge < -0.3 is 10.1 Å². The van der Waals surface area contributed by atoms with Crippen LogP contribution in [0.3, 0.4) is 0 Å². The molecule has 144 valence electrons. The highest BCUT2D eigenvalue weighted by atomic mass is 16.5. The lowest BCUT2D eigenvalue weighted by Crippen LogP contribution is -2.30. The monoisotopic (exact) mass is 378 g/mol. The van der Waals surface area contributed by atoms with E-state index in [1.807, 2.05) is 32.0 Å². The standard InChI is InChI=1S/C22H22N2O4/c1-14-8-9-15(2)18(12-14)20(25)10-11-21(26)28-16(3)22(27)24-19-7-5-4-6-17(19)13-23/h4-9,12,16H,10-11H2,1-3H3,(H,24,27)/t16-/m1/s1. The predicted molar refractivity (Wildman–Crippen MR) is 105 cm³/mol. The first-order valence-corrected chi connectivity index (χ1v) is 8.91. The number of nitriles is 1. The van der Waals surface area contributed by atoms with Gasteiger partial charge in [-0.3, -0.25) is 14.4 Å². The Morgan fingerprint density at radius 3 is 2.54 bits per heavy atom. The SMILES string of the molecule is Cc1ccc(C)c(C(=O)CCC(=O)O[C@H](C)C(=O)Nc2ccccc2C#N)c1. The van der Waals surface area contributed by atoms with Crippen molar-refractivity contribution in [3.8, 4) is 6.07 Å². The van der Waals surface area contributed by atoms with Gasteiger partial charge in [-0.2, -0.15) is 5.26 Å². The molecule has 6 heteroatoms. The zero-order valence-corrected chi connectivity index (χ0v) is 16.1. The van der Waals surface area contributed by atoms with Gasteiger partial charge in [-0.25, -0.2) is 0 Å². The lowest BCUT2D eigenvalue weighted by atomic mass is 9.99. The molecular formula is C22H22N2O4. The van der Waals surface area contributed by atoms with Gasteiger partial charge >= 0.3 is 5.97 Å². The zero-order chi connectivity index (χ0) is 20.7. The van der Waals surface area contributed by atoms with Crippen LogP contribution in [0.2, 0.25) is 0 Å². The molecule has 0 heterocycles. The number of amides is 1. The van der Waals surface area contributed by atoms with Gasteiger partial charge in [-0.05, 0) is 44.5 Å². The molecular weight excluding hydrogens is 356 g/mol. The van der Waals surface area contributed by atoms with Crippen LogP contribution in [0, 0.1) is 25.2 Å². The van der Waals surface area contributed by atoms with Gasteiger partial charge in [0.15, 0.2) is 11.9 Å². The first kappa shape index (κ1) is 20.8. The Morgan fingerprint density at radius 1 is 1.11 bits per heavy atom. The summed E-state index contributed by atoms with van der Waals surface area (Å²) in [6, 6.07) is 14.1. The maximum Gasteiger partial charge on any atom is 0.307 e. The summed E-state index contributed by atoms with van der Waals surface area (Å²) in [7, 11) is 0. The van der Waals surface area contributed by atoms with E-state index in [2.05, 4.69) is 5.32 Å². The number of anilines is 1. The van der Waals surface area contributed by atoms with Crippen molar-refractivity contribution < 1.29 is 19.1 Å². The van der Waals surface area contributed by atoms with Crippen molar-refractivity contribution in [2.24, 2.45) is 0 Å². The van der Waals surface area contributed by atoms with E-state index in [0.717, 1.165) is 11.1 Å². The number of carbonyl (C=O) groups excluding carboxylic acids is 3. The van der Waals surface area contributed by atoms with Gasteiger partial charge in [-0.1, -0.05) is 29.8 Å². The molecule has 0 fully saturated rings. The number of carbonyl (C=O) groups is 3. The summed E-state index contributed by atoms with van der Waals surface area (Å²) in [6.07, 6.45) is -1.15. The maximum atomic E-state index is 12.3. The minimum absolute atomic E-state index is 0.00866. The van der Waals surface area contributed by atoms with Gasteiger partial charge in [0.05, 0.1) is 17.7 Å². The van der Waals surface area contributed by atoms with Crippen LogP contribution >= 0.6 is 0 Å². The second kappa shape index (κ2) is 9.47. The zero-order valence-electron chi connectivity index (χ0n) is 16.1. The van der Waals surface area contributed by atoms with E-state index in [1.165, 1.54) is 6.92 Å². The highest BCUT2D eigenvalue weighted by Crippen LogP contribution is 2.16. The van der Waals surface area contributed by atoms with Gasteiger partial charge in [0, 0.05) is 12.0 Å².